The third kappa shape index (κ3) is 5.76. The molecule has 0 fully saturated rings. The molecule has 0 atom stereocenters. The van der Waals surface area contributed by atoms with E-state index in [1.807, 2.05) is 3.75 Å². The van der Waals surface area contributed by atoms with Gasteiger partial charge in [0.05, 0.1) is 0 Å². The van der Waals surface area contributed by atoms with Crippen molar-refractivity contribution < 1.29 is 0 Å². The van der Waals surface area contributed by atoms with Crippen LogP contribution in [0, 0.1) is 0 Å². The molecule has 19 heavy (non-hydrogen) atoms. The van der Waals surface area contributed by atoms with Gasteiger partial charge in [-0.3, -0.25) is 0 Å². The van der Waals surface area contributed by atoms with E-state index in [4.69, 9.17) is 0 Å². The Morgan fingerprint density at radius 1 is 1.00 bits per heavy atom. The van der Waals surface area contributed by atoms with Crippen molar-refractivity contribution >= 4 is 30.4 Å². The third-order valence-corrected chi connectivity index (χ3v) is 20.7. The van der Waals surface area contributed by atoms with Crippen LogP contribution in [-0.4, -0.2) is 24.3 Å². The van der Waals surface area contributed by atoms with Gasteiger partial charge in [-0.1, -0.05) is 0 Å². The van der Waals surface area contributed by atoms with Gasteiger partial charge in [0.2, 0.25) is 0 Å². The van der Waals surface area contributed by atoms with Crippen LogP contribution in [0.2, 0.25) is 29.6 Å². The number of hydrogen-bond donors (Lipinski definition) is 0. The molecule has 0 bridgehead atoms. The van der Waals surface area contributed by atoms with Crippen LogP contribution in [0.1, 0.15) is 32.3 Å². The third-order valence-electron chi connectivity index (χ3n) is 3.70. The average molecular weight is 331 g/mol. The molecule has 0 heterocycles. The van der Waals surface area contributed by atoms with Crippen LogP contribution < -0.4 is 0 Å². The summed E-state index contributed by atoms with van der Waals surface area (Å²) in [4.78, 5) is 3.06. The molecule has 0 amide bonds. The Morgan fingerprint density at radius 3 is 1.95 bits per heavy atom. The van der Waals surface area contributed by atoms with Crippen molar-refractivity contribution in [3.05, 3.63) is 39.6 Å². The SMILES string of the molecule is CC[CH2][Ga]([CH2]CC)/[C](=C\c1ccccc1)[Si](C)(C)C. The van der Waals surface area contributed by atoms with Crippen LogP contribution in [-0.2, 0) is 0 Å². The first-order chi connectivity index (χ1) is 8.99. The second kappa shape index (κ2) is 8.18. The molecular formula is C17H29GaSi. The summed E-state index contributed by atoms with van der Waals surface area (Å²) in [6.45, 7) is 12.3. The predicted molar refractivity (Wildman–Crippen MR) is 93.7 cm³/mol. The molecule has 0 aromatic heterocycles. The number of hydrogen-bond acceptors (Lipinski definition) is 0. The van der Waals surface area contributed by atoms with Crippen molar-refractivity contribution in [1.29, 1.82) is 0 Å². The quantitative estimate of drug-likeness (QED) is 0.554. The maximum absolute atomic E-state index is 2.57. The van der Waals surface area contributed by atoms with E-state index in [1.165, 1.54) is 28.4 Å². The summed E-state index contributed by atoms with van der Waals surface area (Å²) in [5.74, 6) is 0. The summed E-state index contributed by atoms with van der Waals surface area (Å²) in [7, 11) is -1.16. The van der Waals surface area contributed by atoms with Crippen LogP contribution in [0.3, 0.4) is 0 Å². The Morgan fingerprint density at radius 2 is 1.53 bits per heavy atom. The van der Waals surface area contributed by atoms with Gasteiger partial charge in [-0.2, -0.15) is 0 Å². The molecule has 0 nitrogen and oxygen atoms in total. The summed E-state index contributed by atoms with van der Waals surface area (Å²) in [6, 6.07) is 11.0. The maximum atomic E-state index is 2.57. The molecule has 1 aromatic carbocycles. The average Bonchev–Trinajstić information content (AvgIpc) is 2.36. The molecule has 1 rings (SSSR count). The fraction of sp³-hybridized carbons (Fsp3) is 0.529. The Hall–Kier alpha value is -0.187. The van der Waals surface area contributed by atoms with Crippen molar-refractivity contribution in [3.63, 3.8) is 0 Å². The molecule has 0 spiro atoms. The molecule has 0 aliphatic heterocycles. The fourth-order valence-corrected chi connectivity index (χ4v) is 19.6. The summed E-state index contributed by atoms with van der Waals surface area (Å²) in [5.41, 5.74) is 1.42. The standard InChI is InChI=1S/C11H15Si.2C3H7.Ga/c1-12(2,3)10-9-11-7-5-4-6-8-11;2*1-3-2;/h4-9H,1-3H3;2*1,3H2,2H3;. The van der Waals surface area contributed by atoms with Crippen molar-refractivity contribution in [2.24, 2.45) is 0 Å². The van der Waals surface area contributed by atoms with Crippen LogP contribution in [0.5, 0.6) is 0 Å². The topological polar surface area (TPSA) is 0 Å². The van der Waals surface area contributed by atoms with Crippen molar-refractivity contribution in [2.75, 3.05) is 0 Å². The van der Waals surface area contributed by atoms with Gasteiger partial charge >= 0.3 is 126 Å². The van der Waals surface area contributed by atoms with Crippen molar-refractivity contribution in [3.8, 4) is 0 Å². The van der Waals surface area contributed by atoms with Crippen LogP contribution in [0.15, 0.2) is 34.1 Å². The Balaban J connectivity index is 3.10. The van der Waals surface area contributed by atoms with E-state index in [9.17, 15) is 0 Å². The fourth-order valence-electron chi connectivity index (χ4n) is 2.83. The molecule has 0 aliphatic rings. The van der Waals surface area contributed by atoms with Crippen LogP contribution in [0.25, 0.3) is 6.08 Å². The van der Waals surface area contributed by atoms with E-state index in [-0.39, 0.29) is 0 Å². The van der Waals surface area contributed by atoms with Crippen molar-refractivity contribution in [2.45, 2.75) is 56.3 Å². The van der Waals surface area contributed by atoms with E-state index < -0.39 is 24.3 Å². The first kappa shape index (κ1) is 16.9. The van der Waals surface area contributed by atoms with E-state index in [2.05, 4.69) is 69.9 Å². The van der Waals surface area contributed by atoms with E-state index >= 15 is 0 Å². The zero-order chi connectivity index (χ0) is 14.3. The van der Waals surface area contributed by atoms with Crippen LogP contribution >= 0.6 is 0 Å². The molecule has 0 saturated carbocycles. The minimum atomic E-state index is -1.25. The number of rotatable bonds is 7. The summed E-state index contributed by atoms with van der Waals surface area (Å²) >= 11 is -1.25. The molecule has 0 N–H and O–H groups in total. The zero-order valence-corrected chi connectivity index (χ0v) is 16.8. The van der Waals surface area contributed by atoms with Gasteiger partial charge in [-0.05, 0) is 0 Å². The second-order valence-corrected chi connectivity index (χ2v) is 19.5. The minimum absolute atomic E-state index is 1.16. The van der Waals surface area contributed by atoms with Crippen molar-refractivity contribution in [1.82, 2.24) is 0 Å². The molecule has 0 saturated heterocycles. The second-order valence-electron chi connectivity index (χ2n) is 6.53. The molecule has 104 valence electrons. The van der Waals surface area contributed by atoms with Gasteiger partial charge in [0.15, 0.2) is 0 Å². The van der Waals surface area contributed by atoms with Gasteiger partial charge < -0.3 is 0 Å². The van der Waals surface area contributed by atoms with Gasteiger partial charge in [-0.15, -0.1) is 0 Å². The Kier molecular flexibility index (Phi) is 7.26. The van der Waals surface area contributed by atoms with E-state index in [0.29, 0.717) is 0 Å². The zero-order valence-electron chi connectivity index (χ0n) is 13.4. The van der Waals surface area contributed by atoms with Gasteiger partial charge in [0, 0.05) is 0 Å². The molecular weight excluding hydrogens is 302 g/mol. The van der Waals surface area contributed by atoms with E-state index in [0.717, 1.165) is 0 Å². The molecule has 0 unspecified atom stereocenters. The number of benzene rings is 1. The summed E-state index contributed by atoms with van der Waals surface area (Å²) in [6.07, 6.45) is 5.32. The first-order valence-corrected chi connectivity index (χ1v) is 15.9. The predicted octanol–water partition coefficient (Wildman–Crippen LogP) is 5.80. The Labute approximate surface area is 126 Å². The van der Waals surface area contributed by atoms with Gasteiger partial charge in [-0.25, -0.2) is 0 Å². The van der Waals surface area contributed by atoms with Gasteiger partial charge in [0.1, 0.15) is 0 Å². The summed E-state index contributed by atoms with van der Waals surface area (Å²) < 4.78 is 1.94. The molecule has 1 aromatic rings. The molecule has 0 radical (unpaired) electrons. The monoisotopic (exact) mass is 330 g/mol. The van der Waals surface area contributed by atoms with Gasteiger partial charge in [0.25, 0.3) is 0 Å². The summed E-state index contributed by atoms with van der Waals surface area (Å²) in [5, 5.41) is 0. The first-order valence-electron chi connectivity index (χ1n) is 7.76. The normalized spacial score (nSPS) is 12.6. The van der Waals surface area contributed by atoms with E-state index in [1.54, 1.807) is 0 Å². The Bertz CT molecular complexity index is 383. The molecule has 0 aliphatic carbocycles. The molecule has 2 heteroatoms. The van der Waals surface area contributed by atoms with Crippen LogP contribution in [0.4, 0.5) is 0 Å².